The van der Waals surface area contributed by atoms with Crippen LogP contribution in [-0.2, 0) is 12.8 Å². The third-order valence-corrected chi connectivity index (χ3v) is 3.49. The predicted molar refractivity (Wildman–Crippen MR) is 81.4 cm³/mol. The number of halogens is 2. The lowest BCUT2D eigenvalue weighted by Gasteiger charge is -2.16. The Morgan fingerprint density at radius 3 is 2.21 bits per heavy atom. The van der Waals surface area contributed by atoms with Crippen molar-refractivity contribution in [2.75, 3.05) is 0 Å². The first-order valence-corrected chi connectivity index (χ1v) is 6.88. The van der Waals surface area contributed by atoms with E-state index in [9.17, 15) is 0 Å². The molecule has 0 heterocycles. The first-order chi connectivity index (χ1) is 9.17. The summed E-state index contributed by atoms with van der Waals surface area (Å²) in [7, 11) is 0. The quantitative estimate of drug-likeness (QED) is 0.653. The molecule has 2 aromatic carbocycles. The molecule has 0 aliphatic heterocycles. The third-order valence-electron chi connectivity index (χ3n) is 3.00. The molecular formula is C15H16Cl2N2. The Bertz CT molecular complexity index is 526. The van der Waals surface area contributed by atoms with Crippen LogP contribution in [-0.4, -0.2) is 6.04 Å². The zero-order valence-electron chi connectivity index (χ0n) is 10.4. The van der Waals surface area contributed by atoms with Gasteiger partial charge in [-0.3, -0.25) is 11.3 Å². The van der Waals surface area contributed by atoms with Crippen molar-refractivity contribution >= 4 is 23.2 Å². The van der Waals surface area contributed by atoms with Gasteiger partial charge in [0.05, 0.1) is 0 Å². The average molecular weight is 295 g/mol. The summed E-state index contributed by atoms with van der Waals surface area (Å²) in [6.45, 7) is 0. The predicted octanol–water partition coefficient (Wildman–Crippen LogP) is 3.61. The number of nitrogens with two attached hydrogens (primary N) is 1. The normalized spacial score (nSPS) is 12.4. The van der Waals surface area contributed by atoms with Gasteiger partial charge in [-0.05, 0) is 48.2 Å². The second-order valence-corrected chi connectivity index (χ2v) is 5.40. The highest BCUT2D eigenvalue weighted by Crippen LogP contribution is 2.15. The molecule has 0 saturated carbocycles. The highest BCUT2D eigenvalue weighted by Gasteiger charge is 2.09. The molecule has 0 saturated heterocycles. The Morgan fingerprint density at radius 2 is 1.58 bits per heavy atom. The first-order valence-electron chi connectivity index (χ1n) is 6.12. The minimum absolute atomic E-state index is 0.166. The van der Waals surface area contributed by atoms with E-state index in [1.807, 2.05) is 42.5 Å². The molecule has 4 heteroatoms. The first kappa shape index (κ1) is 14.4. The Balaban J connectivity index is 2.02. The maximum Gasteiger partial charge on any atom is 0.0408 e. The van der Waals surface area contributed by atoms with Gasteiger partial charge in [-0.25, -0.2) is 0 Å². The van der Waals surface area contributed by atoms with Gasteiger partial charge in [0.25, 0.3) is 0 Å². The lowest BCUT2D eigenvalue weighted by molar-refractivity contribution is 0.522. The Hall–Kier alpha value is -1.06. The summed E-state index contributed by atoms with van der Waals surface area (Å²) in [4.78, 5) is 0. The van der Waals surface area contributed by atoms with Crippen molar-refractivity contribution in [2.45, 2.75) is 18.9 Å². The average Bonchev–Trinajstić information content (AvgIpc) is 2.40. The molecule has 3 N–H and O–H groups in total. The molecule has 0 amide bonds. The molecule has 0 bridgehead atoms. The molecule has 0 aliphatic rings. The largest absolute Gasteiger partial charge is 0.271 e. The fraction of sp³-hybridized carbons (Fsp3) is 0.200. The number of hydrogen-bond donors (Lipinski definition) is 2. The minimum atomic E-state index is 0.166. The van der Waals surface area contributed by atoms with Crippen LogP contribution in [0.2, 0.25) is 10.0 Å². The van der Waals surface area contributed by atoms with Gasteiger partial charge in [-0.2, -0.15) is 0 Å². The lowest BCUT2D eigenvalue weighted by atomic mass is 9.99. The molecule has 0 fully saturated rings. The zero-order chi connectivity index (χ0) is 13.7. The summed E-state index contributed by atoms with van der Waals surface area (Å²) in [6, 6.07) is 15.8. The molecule has 1 unspecified atom stereocenters. The van der Waals surface area contributed by atoms with Crippen molar-refractivity contribution in [3.05, 3.63) is 69.7 Å². The van der Waals surface area contributed by atoms with Gasteiger partial charge in [0, 0.05) is 16.1 Å². The van der Waals surface area contributed by atoms with E-state index in [2.05, 4.69) is 11.5 Å². The zero-order valence-corrected chi connectivity index (χ0v) is 12.0. The SMILES string of the molecule is NNC(Cc1ccc(Cl)cc1)Cc1cccc(Cl)c1. The van der Waals surface area contributed by atoms with Crippen LogP contribution < -0.4 is 11.3 Å². The van der Waals surface area contributed by atoms with E-state index in [4.69, 9.17) is 29.0 Å². The van der Waals surface area contributed by atoms with Crippen LogP contribution in [0, 0.1) is 0 Å². The summed E-state index contributed by atoms with van der Waals surface area (Å²) in [5, 5.41) is 1.50. The molecule has 0 radical (unpaired) electrons. The van der Waals surface area contributed by atoms with Crippen LogP contribution in [0.1, 0.15) is 11.1 Å². The van der Waals surface area contributed by atoms with Gasteiger partial charge < -0.3 is 0 Å². The van der Waals surface area contributed by atoms with Crippen molar-refractivity contribution in [2.24, 2.45) is 5.84 Å². The topological polar surface area (TPSA) is 38.0 Å². The van der Waals surface area contributed by atoms with E-state index in [-0.39, 0.29) is 6.04 Å². The van der Waals surface area contributed by atoms with Gasteiger partial charge in [0.15, 0.2) is 0 Å². The van der Waals surface area contributed by atoms with Gasteiger partial charge in [-0.15, -0.1) is 0 Å². The minimum Gasteiger partial charge on any atom is -0.271 e. The highest BCUT2D eigenvalue weighted by molar-refractivity contribution is 6.30. The van der Waals surface area contributed by atoms with E-state index in [0.29, 0.717) is 0 Å². The van der Waals surface area contributed by atoms with Gasteiger partial charge >= 0.3 is 0 Å². The molecular weight excluding hydrogens is 279 g/mol. The van der Waals surface area contributed by atoms with Gasteiger partial charge in [0.2, 0.25) is 0 Å². The second kappa shape index (κ2) is 6.92. The van der Waals surface area contributed by atoms with E-state index in [1.54, 1.807) is 0 Å². The second-order valence-electron chi connectivity index (χ2n) is 4.53. The van der Waals surface area contributed by atoms with E-state index >= 15 is 0 Å². The summed E-state index contributed by atoms with van der Waals surface area (Å²) in [5.41, 5.74) is 5.23. The van der Waals surface area contributed by atoms with Crippen LogP contribution in [0.5, 0.6) is 0 Å². The molecule has 2 aromatic rings. The van der Waals surface area contributed by atoms with Crippen LogP contribution >= 0.6 is 23.2 Å². The fourth-order valence-electron chi connectivity index (χ4n) is 2.04. The Labute approximate surface area is 123 Å². The highest BCUT2D eigenvalue weighted by atomic mass is 35.5. The van der Waals surface area contributed by atoms with Crippen LogP contribution in [0.3, 0.4) is 0 Å². The summed E-state index contributed by atoms with van der Waals surface area (Å²) < 4.78 is 0. The van der Waals surface area contributed by atoms with Crippen LogP contribution in [0.4, 0.5) is 0 Å². The molecule has 1 atom stereocenters. The number of benzene rings is 2. The third kappa shape index (κ3) is 4.51. The summed E-state index contributed by atoms with van der Waals surface area (Å²) >= 11 is 11.9. The summed E-state index contributed by atoms with van der Waals surface area (Å²) in [5.74, 6) is 5.63. The Kier molecular flexibility index (Phi) is 5.23. The van der Waals surface area contributed by atoms with Crippen molar-refractivity contribution < 1.29 is 0 Å². The smallest absolute Gasteiger partial charge is 0.0408 e. The molecule has 100 valence electrons. The number of nitrogens with one attached hydrogen (secondary N) is 1. The molecule has 0 aromatic heterocycles. The van der Waals surface area contributed by atoms with Crippen molar-refractivity contribution in [1.29, 1.82) is 0 Å². The van der Waals surface area contributed by atoms with Crippen molar-refractivity contribution in [3.8, 4) is 0 Å². The molecule has 0 spiro atoms. The van der Waals surface area contributed by atoms with Crippen molar-refractivity contribution in [1.82, 2.24) is 5.43 Å². The molecule has 2 rings (SSSR count). The number of hydrogen-bond acceptors (Lipinski definition) is 2. The number of hydrazine groups is 1. The van der Waals surface area contributed by atoms with Gasteiger partial charge in [-0.1, -0.05) is 47.5 Å². The van der Waals surface area contributed by atoms with Crippen molar-refractivity contribution in [3.63, 3.8) is 0 Å². The fourth-order valence-corrected chi connectivity index (χ4v) is 2.38. The molecule has 19 heavy (non-hydrogen) atoms. The maximum absolute atomic E-state index is 5.98. The maximum atomic E-state index is 5.98. The van der Waals surface area contributed by atoms with Crippen LogP contribution in [0.15, 0.2) is 48.5 Å². The number of rotatable bonds is 5. The Morgan fingerprint density at radius 1 is 0.895 bits per heavy atom. The standard InChI is InChI=1S/C15H16Cl2N2/c16-13-6-4-11(5-7-13)9-15(19-18)10-12-2-1-3-14(17)8-12/h1-8,15,19H,9-10,18H2. The van der Waals surface area contributed by atoms with E-state index in [1.165, 1.54) is 11.1 Å². The van der Waals surface area contributed by atoms with E-state index < -0.39 is 0 Å². The molecule has 2 nitrogen and oxygen atoms in total. The van der Waals surface area contributed by atoms with E-state index in [0.717, 1.165) is 22.9 Å². The molecule has 0 aliphatic carbocycles. The van der Waals surface area contributed by atoms with Crippen LogP contribution in [0.25, 0.3) is 0 Å². The summed E-state index contributed by atoms with van der Waals surface area (Å²) in [6.07, 6.45) is 1.68. The van der Waals surface area contributed by atoms with Gasteiger partial charge in [0.1, 0.15) is 0 Å². The lowest BCUT2D eigenvalue weighted by Crippen LogP contribution is -2.38. The monoisotopic (exact) mass is 294 g/mol.